The molecule has 2 heterocycles. The lowest BCUT2D eigenvalue weighted by atomic mass is 10.2. The topological polar surface area (TPSA) is 90.4 Å². The molecule has 1 aliphatic heterocycles. The van der Waals surface area contributed by atoms with E-state index in [1.54, 1.807) is 13.0 Å². The van der Waals surface area contributed by atoms with E-state index in [9.17, 15) is 8.42 Å². The molecule has 0 bridgehead atoms. The minimum atomic E-state index is -3.38. The SMILES string of the molecule is Cc1cc(CS(=O)(=O)N2CCN(C(C)C#N)CC2)no1. The van der Waals surface area contributed by atoms with E-state index in [0.717, 1.165) is 0 Å². The van der Waals surface area contributed by atoms with Crippen molar-refractivity contribution in [3.63, 3.8) is 0 Å². The van der Waals surface area contributed by atoms with Crippen molar-refractivity contribution < 1.29 is 12.9 Å². The Balaban J connectivity index is 1.97. The molecule has 0 spiro atoms. The third kappa shape index (κ3) is 3.36. The van der Waals surface area contributed by atoms with E-state index in [1.165, 1.54) is 4.31 Å². The maximum absolute atomic E-state index is 12.3. The van der Waals surface area contributed by atoms with Gasteiger partial charge in [0.15, 0.2) is 0 Å². The number of rotatable bonds is 4. The van der Waals surface area contributed by atoms with Crippen molar-refractivity contribution >= 4 is 10.0 Å². The maximum Gasteiger partial charge on any atom is 0.220 e. The van der Waals surface area contributed by atoms with Crippen LogP contribution in [0.4, 0.5) is 0 Å². The molecular weight excluding hydrogens is 280 g/mol. The average Bonchev–Trinajstić information content (AvgIpc) is 2.82. The largest absolute Gasteiger partial charge is 0.361 e. The average molecular weight is 298 g/mol. The van der Waals surface area contributed by atoms with Gasteiger partial charge >= 0.3 is 0 Å². The predicted molar refractivity (Wildman–Crippen MR) is 72.1 cm³/mol. The molecular formula is C12H18N4O3S. The Kier molecular flexibility index (Phi) is 4.42. The van der Waals surface area contributed by atoms with Gasteiger partial charge in [-0.2, -0.15) is 9.57 Å². The fourth-order valence-electron chi connectivity index (χ4n) is 2.21. The minimum Gasteiger partial charge on any atom is -0.361 e. The Morgan fingerprint density at radius 3 is 2.60 bits per heavy atom. The zero-order valence-electron chi connectivity index (χ0n) is 11.6. The minimum absolute atomic E-state index is 0.141. The van der Waals surface area contributed by atoms with Crippen molar-refractivity contribution in [1.82, 2.24) is 14.4 Å². The summed E-state index contributed by atoms with van der Waals surface area (Å²) in [4.78, 5) is 1.98. The number of nitriles is 1. The molecule has 1 unspecified atom stereocenters. The van der Waals surface area contributed by atoms with Crippen LogP contribution >= 0.6 is 0 Å². The van der Waals surface area contributed by atoms with Crippen molar-refractivity contribution in [2.24, 2.45) is 0 Å². The van der Waals surface area contributed by atoms with Crippen molar-refractivity contribution in [2.75, 3.05) is 26.2 Å². The molecule has 8 heteroatoms. The highest BCUT2D eigenvalue weighted by Gasteiger charge is 2.29. The van der Waals surface area contributed by atoms with Gasteiger partial charge in [-0.25, -0.2) is 8.42 Å². The molecule has 0 aromatic carbocycles. The van der Waals surface area contributed by atoms with Gasteiger partial charge in [0.05, 0.1) is 12.1 Å². The van der Waals surface area contributed by atoms with Crippen molar-refractivity contribution in [1.29, 1.82) is 5.26 Å². The fourth-order valence-corrected chi connectivity index (χ4v) is 3.63. The van der Waals surface area contributed by atoms with Gasteiger partial charge in [0.25, 0.3) is 0 Å². The predicted octanol–water partition coefficient (Wildman–Crippen LogP) is 0.343. The van der Waals surface area contributed by atoms with Gasteiger partial charge < -0.3 is 4.52 Å². The number of hydrogen-bond acceptors (Lipinski definition) is 6. The second kappa shape index (κ2) is 5.91. The van der Waals surface area contributed by atoms with Crippen molar-refractivity contribution in [2.45, 2.75) is 25.6 Å². The molecule has 1 aromatic heterocycles. The fraction of sp³-hybridized carbons (Fsp3) is 0.667. The zero-order valence-corrected chi connectivity index (χ0v) is 12.4. The van der Waals surface area contributed by atoms with Crippen LogP contribution in [-0.4, -0.2) is 55.0 Å². The molecule has 110 valence electrons. The van der Waals surface area contributed by atoms with Crippen LogP contribution in [0.15, 0.2) is 10.6 Å². The molecule has 1 fully saturated rings. The van der Waals surface area contributed by atoms with Gasteiger partial charge in [0.2, 0.25) is 10.0 Å². The Bertz CT molecular complexity index is 596. The van der Waals surface area contributed by atoms with E-state index in [0.29, 0.717) is 37.6 Å². The standard InChI is InChI=1S/C12H18N4O3S/c1-10(8-13)15-3-5-16(6-4-15)20(17,18)9-12-7-11(2)19-14-12/h7,10H,3-6,9H2,1-2H3. The summed E-state index contributed by atoms with van der Waals surface area (Å²) in [6, 6.07) is 3.61. The van der Waals surface area contributed by atoms with Crippen LogP contribution in [0.1, 0.15) is 18.4 Å². The Labute approximate surface area is 118 Å². The number of aromatic nitrogens is 1. The van der Waals surface area contributed by atoms with Crippen LogP contribution in [-0.2, 0) is 15.8 Å². The normalized spacial score (nSPS) is 19.6. The first-order valence-electron chi connectivity index (χ1n) is 6.46. The third-order valence-electron chi connectivity index (χ3n) is 3.41. The molecule has 20 heavy (non-hydrogen) atoms. The summed E-state index contributed by atoms with van der Waals surface area (Å²) < 4.78 is 30.9. The highest BCUT2D eigenvalue weighted by Crippen LogP contribution is 2.14. The van der Waals surface area contributed by atoms with Gasteiger partial charge in [-0.15, -0.1) is 0 Å². The second-order valence-corrected chi connectivity index (χ2v) is 6.89. The van der Waals surface area contributed by atoms with Gasteiger partial charge in [-0.3, -0.25) is 4.90 Å². The number of sulfonamides is 1. The van der Waals surface area contributed by atoms with Crippen molar-refractivity contribution in [3.05, 3.63) is 17.5 Å². The van der Waals surface area contributed by atoms with Gasteiger partial charge in [-0.05, 0) is 13.8 Å². The summed E-state index contributed by atoms with van der Waals surface area (Å²) in [6.45, 7) is 5.52. The van der Waals surface area contributed by atoms with Crippen LogP contribution in [0.3, 0.4) is 0 Å². The van der Waals surface area contributed by atoms with Gasteiger partial charge in [0.1, 0.15) is 17.2 Å². The summed E-state index contributed by atoms with van der Waals surface area (Å²) >= 11 is 0. The van der Waals surface area contributed by atoms with E-state index in [4.69, 9.17) is 9.78 Å². The van der Waals surface area contributed by atoms with Crippen LogP contribution in [0.2, 0.25) is 0 Å². The first-order chi connectivity index (χ1) is 9.42. The van der Waals surface area contributed by atoms with E-state index < -0.39 is 10.0 Å². The van der Waals surface area contributed by atoms with Crippen LogP contribution in [0.5, 0.6) is 0 Å². The molecule has 2 rings (SSSR count). The van der Waals surface area contributed by atoms with Crippen LogP contribution in [0.25, 0.3) is 0 Å². The lowest BCUT2D eigenvalue weighted by Gasteiger charge is -2.34. The van der Waals surface area contributed by atoms with Crippen LogP contribution < -0.4 is 0 Å². The molecule has 1 aromatic rings. The van der Waals surface area contributed by atoms with Crippen molar-refractivity contribution in [3.8, 4) is 6.07 Å². The lowest BCUT2D eigenvalue weighted by molar-refractivity contribution is 0.169. The molecule has 7 nitrogen and oxygen atoms in total. The molecule has 0 saturated carbocycles. The summed E-state index contributed by atoms with van der Waals surface area (Å²) in [5, 5.41) is 12.6. The monoisotopic (exact) mass is 298 g/mol. The van der Waals surface area contributed by atoms with E-state index in [2.05, 4.69) is 11.2 Å². The lowest BCUT2D eigenvalue weighted by Crippen LogP contribution is -2.51. The Hall–Kier alpha value is -1.43. The smallest absolute Gasteiger partial charge is 0.220 e. The summed E-state index contributed by atoms with van der Waals surface area (Å²) in [5.74, 6) is 0.459. The van der Waals surface area contributed by atoms with E-state index in [-0.39, 0.29) is 11.8 Å². The summed E-state index contributed by atoms with van der Waals surface area (Å²) in [5.41, 5.74) is 0.426. The molecule has 1 aliphatic rings. The zero-order chi connectivity index (χ0) is 14.8. The Morgan fingerprint density at radius 1 is 1.45 bits per heavy atom. The third-order valence-corrected chi connectivity index (χ3v) is 5.22. The maximum atomic E-state index is 12.3. The second-order valence-electron chi connectivity index (χ2n) is 4.93. The molecule has 0 aliphatic carbocycles. The summed E-state index contributed by atoms with van der Waals surface area (Å²) in [7, 11) is -3.38. The molecule has 1 saturated heterocycles. The summed E-state index contributed by atoms with van der Waals surface area (Å²) in [6.07, 6.45) is 0. The number of hydrogen-bond donors (Lipinski definition) is 0. The molecule has 0 N–H and O–H groups in total. The van der Waals surface area contributed by atoms with E-state index in [1.807, 2.05) is 11.8 Å². The first kappa shape index (κ1) is 15.0. The number of nitrogens with zero attached hydrogens (tertiary/aromatic N) is 4. The Morgan fingerprint density at radius 2 is 2.10 bits per heavy atom. The number of piperazine rings is 1. The van der Waals surface area contributed by atoms with Gasteiger partial charge in [0, 0.05) is 32.2 Å². The number of aryl methyl sites for hydroxylation is 1. The van der Waals surface area contributed by atoms with Gasteiger partial charge in [-0.1, -0.05) is 5.16 Å². The quantitative estimate of drug-likeness (QED) is 0.796. The highest BCUT2D eigenvalue weighted by atomic mass is 32.2. The first-order valence-corrected chi connectivity index (χ1v) is 8.07. The molecule has 1 atom stereocenters. The molecule has 0 amide bonds. The highest BCUT2D eigenvalue weighted by molar-refractivity contribution is 7.88. The van der Waals surface area contributed by atoms with E-state index >= 15 is 0 Å². The molecule has 0 radical (unpaired) electrons. The van der Waals surface area contributed by atoms with Crippen LogP contribution in [0, 0.1) is 18.3 Å².